The molecule has 0 saturated heterocycles. The number of rotatable bonds is 16. The summed E-state index contributed by atoms with van der Waals surface area (Å²) in [4.78, 5) is 92.1. The van der Waals surface area contributed by atoms with E-state index in [1.165, 1.54) is 14.1 Å². The van der Waals surface area contributed by atoms with Crippen molar-refractivity contribution in [2.75, 3.05) is 48.5 Å². The molecule has 0 atom stereocenters. The third-order valence-electron chi connectivity index (χ3n) is 13.2. The van der Waals surface area contributed by atoms with Gasteiger partial charge in [0.2, 0.25) is 0 Å². The maximum absolute atomic E-state index is 14.1. The molecule has 24 nitrogen and oxygen atoms in total. The van der Waals surface area contributed by atoms with Crippen LogP contribution in [-0.4, -0.2) is 113 Å². The molecule has 5 aromatic rings. The normalized spacial score (nSPS) is 14.0. The summed E-state index contributed by atoms with van der Waals surface area (Å²) in [7, 11) is -9.04. The fourth-order valence-corrected chi connectivity index (χ4v) is 13.0. The molecule has 2 aliphatic rings. The smallest absolute Gasteiger partial charge is 0.414 e. The topological polar surface area (TPSA) is 339 Å². The number of anilines is 2. The Kier molecular flexibility index (Phi) is 15.5. The van der Waals surface area contributed by atoms with Crippen molar-refractivity contribution < 1.29 is 74.0 Å². The van der Waals surface area contributed by atoms with E-state index in [1.54, 1.807) is 42.5 Å². The predicted molar refractivity (Wildman–Crippen MR) is 281 cm³/mol. The first-order chi connectivity index (χ1) is 35.8. The van der Waals surface area contributed by atoms with E-state index < -0.39 is 123 Å². The molecule has 0 unspecified atom stereocenters. The van der Waals surface area contributed by atoms with E-state index in [0.29, 0.717) is 44.0 Å². The number of nitro benzene ring substituents is 2. The van der Waals surface area contributed by atoms with Crippen LogP contribution in [0.1, 0.15) is 85.2 Å². The van der Waals surface area contributed by atoms with Gasteiger partial charge in [-0.1, -0.05) is 52.1 Å². The number of ether oxygens (including phenoxy) is 3. The zero-order valence-corrected chi connectivity index (χ0v) is 45.1. The molecule has 0 saturated carbocycles. The number of hydrogen-bond acceptors (Lipinski definition) is 16. The van der Waals surface area contributed by atoms with Crippen LogP contribution in [0, 0.1) is 20.2 Å². The van der Waals surface area contributed by atoms with Gasteiger partial charge in [-0.05, 0) is 82.0 Å². The number of hydrogen-bond donors (Lipinski definition) is 4. The Morgan fingerprint density at radius 2 is 1.09 bits per heavy atom. The van der Waals surface area contributed by atoms with Crippen LogP contribution < -0.4 is 30.8 Å². The average molecular weight is 1120 g/mol. The zero-order valence-electron chi connectivity index (χ0n) is 42.4. The molecule has 0 radical (unpaired) electrons. The van der Waals surface area contributed by atoms with Gasteiger partial charge >= 0.3 is 18.2 Å². The lowest BCUT2D eigenvalue weighted by atomic mass is 9.76. The molecular weight excluding hydrogens is 1060 g/mol. The molecule has 2 aliphatic heterocycles. The van der Waals surface area contributed by atoms with E-state index in [0.717, 1.165) is 51.8 Å². The summed E-state index contributed by atoms with van der Waals surface area (Å²) in [6.07, 6.45) is -1.92. The van der Waals surface area contributed by atoms with Crippen LogP contribution in [0.5, 0.6) is 0 Å². The maximum Gasteiger partial charge on any atom is 0.414 e. The molecule has 406 valence electrons. The number of benzene rings is 5. The van der Waals surface area contributed by atoms with Gasteiger partial charge in [0.1, 0.15) is 21.3 Å². The highest BCUT2D eigenvalue weighted by atomic mass is 32.2. The number of carbonyl (C=O) groups is 5. The van der Waals surface area contributed by atoms with Crippen LogP contribution in [0.4, 0.5) is 32.3 Å². The molecule has 77 heavy (non-hydrogen) atoms. The van der Waals surface area contributed by atoms with E-state index in [9.17, 15) is 61.0 Å². The van der Waals surface area contributed by atoms with Crippen LogP contribution >= 0.6 is 0 Å². The molecule has 4 N–H and O–H groups in total. The van der Waals surface area contributed by atoms with Gasteiger partial charge < -0.3 is 24.8 Å². The summed E-state index contributed by atoms with van der Waals surface area (Å²) in [5, 5.41) is 29.9. The minimum atomic E-state index is -4.39. The fourth-order valence-electron chi connectivity index (χ4n) is 9.06. The zero-order chi connectivity index (χ0) is 56.7. The lowest BCUT2D eigenvalue weighted by Crippen LogP contribution is -2.63. The monoisotopic (exact) mass is 1120 g/mol. The largest absolute Gasteiger partial charge is 0.444 e. The van der Waals surface area contributed by atoms with Gasteiger partial charge in [0, 0.05) is 78.5 Å². The average Bonchev–Trinajstić information content (AvgIpc) is 3.92. The summed E-state index contributed by atoms with van der Waals surface area (Å²) in [6.45, 7) is 7.84. The van der Waals surface area contributed by atoms with E-state index in [4.69, 9.17) is 23.3 Å². The second kappa shape index (κ2) is 21.1. The highest BCUT2D eigenvalue weighted by Crippen LogP contribution is 2.50. The fraction of sp³-hybridized carbons (Fsp3) is 0.300. The Labute approximate surface area is 442 Å². The van der Waals surface area contributed by atoms with Crippen molar-refractivity contribution in [3.8, 4) is 0 Å². The minimum absolute atomic E-state index is 0.118. The van der Waals surface area contributed by atoms with Crippen LogP contribution in [0.2, 0.25) is 13.1 Å². The first-order valence-corrected chi connectivity index (χ1v) is 29.6. The summed E-state index contributed by atoms with van der Waals surface area (Å²) in [5.41, 5.74) is 0.112. The molecule has 0 bridgehead atoms. The van der Waals surface area contributed by atoms with Gasteiger partial charge in [0.05, 0.1) is 38.0 Å². The third-order valence-corrected chi connectivity index (χ3v) is 18.2. The van der Waals surface area contributed by atoms with E-state index in [2.05, 4.69) is 10.6 Å². The molecule has 0 aromatic heterocycles. The Morgan fingerprint density at radius 1 is 0.662 bits per heavy atom. The van der Waals surface area contributed by atoms with E-state index in [1.807, 2.05) is 46.0 Å². The second-order valence-electron chi connectivity index (χ2n) is 19.7. The number of amides is 4. The SMILES string of the molecule is CN(C(=O)OCc1cc(C(=O)NCCS(=O)(=O)O)ccc1[N+](=O)[O-])c1ccc2c(c1)[Si](C)(C)c1cc(N(C)C(=O)OCc3cc(C(=O)NCCS(=O)(=O)O)ccc3[N+](=O)[O-])ccc1C21OC(=O)c2ccc(C(C)(C)C)cc21. The number of carbonyl (C=O) groups excluding carboxylic acids is 5. The highest BCUT2D eigenvalue weighted by Gasteiger charge is 2.56. The number of nitrogens with one attached hydrogen (secondary N) is 2. The number of esters is 1. The Hall–Kier alpha value is -8.11. The van der Waals surface area contributed by atoms with Crippen molar-refractivity contribution in [2.24, 2.45) is 0 Å². The first kappa shape index (κ1) is 56.6. The van der Waals surface area contributed by atoms with E-state index in [-0.39, 0.29) is 27.7 Å². The van der Waals surface area contributed by atoms with Crippen LogP contribution in [0.3, 0.4) is 0 Å². The van der Waals surface area contributed by atoms with Crippen molar-refractivity contribution in [1.82, 2.24) is 10.6 Å². The molecule has 4 amide bonds. The molecular formula is C50H52N6O18S2Si. The summed E-state index contributed by atoms with van der Waals surface area (Å²) in [6, 6.07) is 22.3. The molecule has 7 rings (SSSR count). The molecule has 2 heterocycles. The lowest BCUT2D eigenvalue weighted by molar-refractivity contribution is -0.386. The predicted octanol–water partition coefficient (Wildman–Crippen LogP) is 5.18. The summed E-state index contributed by atoms with van der Waals surface area (Å²) < 4.78 is 80.3. The number of nitrogens with zero attached hydrogens (tertiary/aromatic N) is 4. The molecule has 1 spiro atoms. The second-order valence-corrected chi connectivity index (χ2v) is 27.1. The molecule has 0 aliphatic carbocycles. The molecule has 27 heteroatoms. The van der Waals surface area contributed by atoms with Gasteiger partial charge in [-0.3, -0.25) is 48.7 Å². The third kappa shape index (κ3) is 11.8. The Morgan fingerprint density at radius 3 is 1.48 bits per heavy atom. The quantitative estimate of drug-likeness (QED) is 0.0247. The van der Waals surface area contributed by atoms with Crippen LogP contribution in [0.15, 0.2) is 91.0 Å². The van der Waals surface area contributed by atoms with Gasteiger partial charge in [-0.2, -0.15) is 16.8 Å². The summed E-state index contributed by atoms with van der Waals surface area (Å²) in [5.74, 6) is -3.78. The minimum Gasteiger partial charge on any atom is -0.444 e. The lowest BCUT2D eigenvalue weighted by Gasteiger charge is -2.44. The first-order valence-electron chi connectivity index (χ1n) is 23.3. The van der Waals surface area contributed by atoms with Gasteiger partial charge in [-0.15, -0.1) is 0 Å². The number of nitro groups is 2. The van der Waals surface area contributed by atoms with Crippen molar-refractivity contribution in [1.29, 1.82) is 0 Å². The van der Waals surface area contributed by atoms with Gasteiger partial charge in [-0.25, -0.2) is 14.4 Å². The van der Waals surface area contributed by atoms with Gasteiger partial charge in [0.25, 0.3) is 43.4 Å². The molecule has 0 fully saturated rings. The summed E-state index contributed by atoms with van der Waals surface area (Å²) >= 11 is 0. The number of fused-ring (bicyclic) bond motifs is 6. The highest BCUT2D eigenvalue weighted by molar-refractivity contribution is 7.86. The van der Waals surface area contributed by atoms with Crippen molar-refractivity contribution in [3.05, 3.63) is 161 Å². The van der Waals surface area contributed by atoms with E-state index >= 15 is 0 Å². The molecule has 5 aromatic carbocycles. The van der Waals surface area contributed by atoms with Crippen LogP contribution in [0.25, 0.3) is 0 Å². The van der Waals surface area contributed by atoms with Crippen LogP contribution in [-0.2, 0) is 58.7 Å². The van der Waals surface area contributed by atoms with Crippen molar-refractivity contribution >= 4 is 91.4 Å². The van der Waals surface area contributed by atoms with Gasteiger partial charge in [0.15, 0.2) is 5.60 Å². The Balaban J connectivity index is 1.22. The van der Waals surface area contributed by atoms with Crippen molar-refractivity contribution in [2.45, 2.75) is 58.1 Å². The maximum atomic E-state index is 14.1. The Bertz CT molecular complexity index is 3360. The van der Waals surface area contributed by atoms with Crippen molar-refractivity contribution in [3.63, 3.8) is 0 Å². The standard InChI is InChI=1S/C50H52N6O18S2Si/c1-49(2,3)33-10-13-36-39(24-33)50(74-46(36)59)37-14-11-34(53(4)47(60)72-27-31-22-29(8-16-40(31)55(62)63)44(57)51-18-20-75(66,67)68)25-42(37)77(6,7)43-26-35(12-15-38(43)50)54(5)48(61)73-28-32-23-30(9-17-41(32)56(64)65)45(58)52-19-21-76(69,70)71/h8-17,22-26H,18-21,27-28H2,1-7H3,(H,51,57)(H,52,58)(H,66,67,68)(H,69,70,71).